The first-order valence-electron chi connectivity index (χ1n) is 8.03. The first kappa shape index (κ1) is 20.5. The zero-order valence-corrected chi connectivity index (χ0v) is 14.6. The molecule has 24 heavy (non-hydrogen) atoms. The molecule has 0 aliphatic carbocycles. The Hall–Kier alpha value is -1.56. The van der Waals surface area contributed by atoms with Gasteiger partial charge in [0.2, 0.25) is 0 Å². The minimum absolute atomic E-state index is 0.0499. The van der Waals surface area contributed by atoms with E-state index in [1.807, 2.05) is 13.8 Å². The Balaban J connectivity index is 2.41. The number of carbonyl (C=O) groups excluding carboxylic acids is 1. The highest BCUT2D eigenvalue weighted by Crippen LogP contribution is 2.24. The number of hydrogen-bond donors (Lipinski definition) is 0. The van der Waals surface area contributed by atoms with Crippen molar-refractivity contribution in [1.29, 1.82) is 0 Å². The van der Waals surface area contributed by atoms with E-state index in [-0.39, 0.29) is 36.6 Å². The van der Waals surface area contributed by atoms with E-state index in [1.54, 1.807) is 19.9 Å². The molecule has 0 spiro atoms. The van der Waals surface area contributed by atoms with Crippen molar-refractivity contribution >= 4 is 5.78 Å². The van der Waals surface area contributed by atoms with Crippen molar-refractivity contribution in [3.63, 3.8) is 0 Å². The summed E-state index contributed by atoms with van der Waals surface area (Å²) in [4.78, 5) is 11.3. The molecule has 0 N–H and O–H groups in total. The molecule has 0 aliphatic heterocycles. The van der Waals surface area contributed by atoms with Crippen molar-refractivity contribution in [2.75, 3.05) is 19.8 Å². The van der Waals surface area contributed by atoms with Crippen LogP contribution < -0.4 is 4.74 Å². The topological polar surface area (TPSA) is 35.5 Å². The van der Waals surface area contributed by atoms with Gasteiger partial charge in [-0.25, -0.2) is 13.2 Å². The van der Waals surface area contributed by atoms with E-state index in [4.69, 9.17) is 9.47 Å². The molecule has 0 atom stereocenters. The number of carbonyl (C=O) groups is 1. The predicted molar refractivity (Wildman–Crippen MR) is 86.2 cm³/mol. The quantitative estimate of drug-likeness (QED) is 0.621. The standard InChI is InChI=1S/C18H25F3O3/c1-12(2)14-5-6-17(15(19)9-14)24-8-7-18(20,21)11-23-10-16(22)13(3)4/h5-6,9,12-13H,7-8,10-11H2,1-4H3. The van der Waals surface area contributed by atoms with Gasteiger partial charge in [-0.1, -0.05) is 33.8 Å². The lowest BCUT2D eigenvalue weighted by Gasteiger charge is -2.17. The smallest absolute Gasteiger partial charge is 0.274 e. The largest absolute Gasteiger partial charge is 0.490 e. The van der Waals surface area contributed by atoms with Crippen LogP contribution in [0.1, 0.15) is 45.6 Å². The summed E-state index contributed by atoms with van der Waals surface area (Å²) in [5.74, 6) is -4.06. The normalized spacial score (nSPS) is 12.0. The van der Waals surface area contributed by atoms with E-state index in [2.05, 4.69) is 0 Å². The number of hydrogen-bond acceptors (Lipinski definition) is 3. The second-order valence-corrected chi connectivity index (χ2v) is 6.41. The number of ketones is 1. The zero-order chi connectivity index (χ0) is 18.3. The van der Waals surface area contributed by atoms with Crippen LogP contribution in [-0.4, -0.2) is 31.5 Å². The molecule has 0 aromatic heterocycles. The third kappa shape index (κ3) is 6.91. The number of Topliss-reactive ketones (excluding diaryl/α,β-unsaturated/α-hetero) is 1. The Bertz CT molecular complexity index is 542. The first-order chi connectivity index (χ1) is 11.1. The van der Waals surface area contributed by atoms with Crippen LogP contribution in [0.4, 0.5) is 13.2 Å². The Morgan fingerprint density at radius 1 is 1.21 bits per heavy atom. The monoisotopic (exact) mass is 346 g/mol. The van der Waals surface area contributed by atoms with Gasteiger partial charge in [0.05, 0.1) is 6.61 Å². The van der Waals surface area contributed by atoms with E-state index < -0.39 is 24.8 Å². The van der Waals surface area contributed by atoms with Crippen molar-refractivity contribution in [3.8, 4) is 5.75 Å². The molecule has 136 valence electrons. The molecule has 1 rings (SSSR count). The Morgan fingerprint density at radius 2 is 1.88 bits per heavy atom. The van der Waals surface area contributed by atoms with Crippen molar-refractivity contribution in [1.82, 2.24) is 0 Å². The molecule has 0 bridgehead atoms. The molecule has 0 aliphatic rings. The number of alkyl halides is 2. The number of ether oxygens (including phenoxy) is 2. The Kier molecular flexibility index (Phi) is 7.73. The van der Waals surface area contributed by atoms with Crippen LogP contribution in [0.2, 0.25) is 0 Å². The average Bonchev–Trinajstić information content (AvgIpc) is 2.48. The summed E-state index contributed by atoms with van der Waals surface area (Å²) in [6, 6.07) is 4.50. The van der Waals surface area contributed by atoms with Gasteiger partial charge >= 0.3 is 0 Å². The van der Waals surface area contributed by atoms with E-state index in [0.717, 1.165) is 5.56 Å². The summed E-state index contributed by atoms with van der Waals surface area (Å²) < 4.78 is 51.0. The highest BCUT2D eigenvalue weighted by molar-refractivity contribution is 5.81. The van der Waals surface area contributed by atoms with Crippen LogP contribution in [0.3, 0.4) is 0 Å². The minimum atomic E-state index is -3.13. The van der Waals surface area contributed by atoms with E-state index in [0.29, 0.717) is 0 Å². The summed E-state index contributed by atoms with van der Waals surface area (Å²) in [5, 5.41) is 0. The molecule has 0 saturated carbocycles. The molecule has 0 amide bonds. The summed E-state index contributed by atoms with van der Waals surface area (Å²) >= 11 is 0. The molecule has 0 unspecified atom stereocenters. The molecule has 1 aromatic rings. The van der Waals surface area contributed by atoms with Gasteiger partial charge in [-0.2, -0.15) is 0 Å². The second kappa shape index (κ2) is 9.06. The maximum Gasteiger partial charge on any atom is 0.274 e. The van der Waals surface area contributed by atoms with Crippen LogP contribution in [0.25, 0.3) is 0 Å². The van der Waals surface area contributed by atoms with Gasteiger partial charge in [-0.3, -0.25) is 4.79 Å². The second-order valence-electron chi connectivity index (χ2n) is 6.41. The van der Waals surface area contributed by atoms with Gasteiger partial charge in [-0.05, 0) is 23.6 Å². The number of halogens is 3. The lowest BCUT2D eigenvalue weighted by atomic mass is 10.0. The van der Waals surface area contributed by atoms with Gasteiger partial charge in [0.25, 0.3) is 5.92 Å². The third-order valence-electron chi connectivity index (χ3n) is 3.55. The van der Waals surface area contributed by atoms with Crippen LogP contribution in [0, 0.1) is 11.7 Å². The molecule has 1 aromatic carbocycles. The number of benzene rings is 1. The molecule has 6 heteroatoms. The van der Waals surface area contributed by atoms with E-state index in [1.165, 1.54) is 12.1 Å². The molecule has 0 fully saturated rings. The molecule has 3 nitrogen and oxygen atoms in total. The van der Waals surface area contributed by atoms with Gasteiger partial charge < -0.3 is 9.47 Å². The van der Waals surface area contributed by atoms with Gasteiger partial charge in [-0.15, -0.1) is 0 Å². The highest BCUT2D eigenvalue weighted by Gasteiger charge is 2.30. The maximum absolute atomic E-state index is 13.8. The third-order valence-corrected chi connectivity index (χ3v) is 3.55. The van der Waals surface area contributed by atoms with E-state index >= 15 is 0 Å². The summed E-state index contributed by atoms with van der Waals surface area (Å²) in [6.45, 7) is 5.68. The molecular weight excluding hydrogens is 321 g/mol. The van der Waals surface area contributed by atoms with Crippen LogP contribution in [0.15, 0.2) is 18.2 Å². The number of rotatable bonds is 10. The molecule has 0 heterocycles. The molecule has 0 saturated heterocycles. The minimum Gasteiger partial charge on any atom is -0.490 e. The zero-order valence-electron chi connectivity index (χ0n) is 14.6. The Morgan fingerprint density at radius 3 is 2.42 bits per heavy atom. The fraction of sp³-hybridized carbons (Fsp3) is 0.611. The van der Waals surface area contributed by atoms with E-state index in [9.17, 15) is 18.0 Å². The van der Waals surface area contributed by atoms with Crippen LogP contribution >= 0.6 is 0 Å². The first-order valence-corrected chi connectivity index (χ1v) is 8.03. The van der Waals surface area contributed by atoms with Crippen molar-refractivity contribution in [3.05, 3.63) is 29.6 Å². The fourth-order valence-corrected chi connectivity index (χ4v) is 1.84. The van der Waals surface area contributed by atoms with Crippen molar-refractivity contribution in [2.45, 2.75) is 46.0 Å². The van der Waals surface area contributed by atoms with Crippen molar-refractivity contribution < 1.29 is 27.4 Å². The van der Waals surface area contributed by atoms with Crippen LogP contribution in [-0.2, 0) is 9.53 Å². The van der Waals surface area contributed by atoms with Gasteiger partial charge in [0.15, 0.2) is 17.3 Å². The van der Waals surface area contributed by atoms with Gasteiger partial charge in [0.1, 0.15) is 13.2 Å². The lowest BCUT2D eigenvalue weighted by Crippen LogP contribution is -2.28. The van der Waals surface area contributed by atoms with Gasteiger partial charge in [0, 0.05) is 12.3 Å². The SMILES string of the molecule is CC(C)C(=O)COCC(F)(F)CCOc1ccc(C(C)C)cc1F. The predicted octanol–water partition coefficient (Wildman–Crippen LogP) is 4.60. The summed E-state index contributed by atoms with van der Waals surface area (Å²) in [5.41, 5.74) is 0.813. The maximum atomic E-state index is 13.8. The summed E-state index contributed by atoms with van der Waals surface area (Å²) in [6.07, 6.45) is -0.617. The summed E-state index contributed by atoms with van der Waals surface area (Å²) in [7, 11) is 0. The molecular formula is C18H25F3O3. The molecule has 0 radical (unpaired) electrons. The Labute approximate surface area is 141 Å². The van der Waals surface area contributed by atoms with Crippen LogP contribution in [0.5, 0.6) is 5.75 Å². The highest BCUT2D eigenvalue weighted by atomic mass is 19.3. The fourth-order valence-electron chi connectivity index (χ4n) is 1.84. The van der Waals surface area contributed by atoms with Crippen molar-refractivity contribution in [2.24, 2.45) is 5.92 Å². The average molecular weight is 346 g/mol. The lowest BCUT2D eigenvalue weighted by molar-refractivity contribution is -0.132.